The molecule has 4 atom stereocenters. The molecule has 1 aromatic heterocycles. The Bertz CT molecular complexity index is 652. The van der Waals surface area contributed by atoms with Crippen LogP contribution in [0.5, 0.6) is 5.75 Å². The van der Waals surface area contributed by atoms with Crippen LogP contribution in [0.15, 0.2) is 28.8 Å². The van der Waals surface area contributed by atoms with E-state index in [-0.39, 0.29) is 12.0 Å². The molecule has 1 heterocycles. The molecule has 2 saturated carbocycles. The third-order valence-corrected chi connectivity index (χ3v) is 5.04. The molecule has 2 fully saturated rings. The van der Waals surface area contributed by atoms with Crippen molar-refractivity contribution in [3.63, 3.8) is 0 Å². The van der Waals surface area contributed by atoms with Crippen LogP contribution in [-0.4, -0.2) is 23.3 Å². The number of aromatic nitrogens is 2. The van der Waals surface area contributed by atoms with Crippen molar-refractivity contribution in [1.82, 2.24) is 10.1 Å². The Labute approximate surface area is 123 Å². The van der Waals surface area contributed by atoms with Gasteiger partial charge in [0, 0.05) is 11.6 Å². The smallest absolute Gasteiger partial charge is 0.231 e. The molecule has 5 heteroatoms. The summed E-state index contributed by atoms with van der Waals surface area (Å²) in [4.78, 5) is 4.59. The third kappa shape index (κ3) is 2.03. The predicted octanol–water partition coefficient (Wildman–Crippen LogP) is 2.59. The van der Waals surface area contributed by atoms with E-state index in [1.54, 1.807) is 7.11 Å². The number of fused-ring (bicyclic) bond motifs is 2. The van der Waals surface area contributed by atoms with Crippen molar-refractivity contribution in [2.75, 3.05) is 7.11 Å². The minimum Gasteiger partial charge on any atom is -0.497 e. The highest BCUT2D eigenvalue weighted by Gasteiger charge is 2.48. The zero-order valence-electron chi connectivity index (χ0n) is 12.0. The van der Waals surface area contributed by atoms with Gasteiger partial charge in [0.15, 0.2) is 0 Å². The maximum absolute atomic E-state index is 6.34. The molecule has 2 aromatic rings. The number of methoxy groups -OCH3 is 1. The molecule has 0 radical (unpaired) electrons. The zero-order chi connectivity index (χ0) is 14.4. The molecule has 1 aromatic carbocycles. The molecule has 0 spiro atoms. The second-order valence-corrected chi connectivity index (χ2v) is 6.12. The van der Waals surface area contributed by atoms with Gasteiger partial charge < -0.3 is 15.0 Å². The van der Waals surface area contributed by atoms with Gasteiger partial charge in [0.05, 0.1) is 13.0 Å². The summed E-state index contributed by atoms with van der Waals surface area (Å²) in [6, 6.07) is 7.86. The molecule has 4 unspecified atom stereocenters. The van der Waals surface area contributed by atoms with Gasteiger partial charge in [0.1, 0.15) is 5.75 Å². The van der Waals surface area contributed by atoms with Crippen molar-refractivity contribution in [1.29, 1.82) is 0 Å². The van der Waals surface area contributed by atoms with Crippen LogP contribution >= 0.6 is 0 Å². The van der Waals surface area contributed by atoms with Crippen molar-refractivity contribution in [3.8, 4) is 17.1 Å². The van der Waals surface area contributed by atoms with E-state index in [1.165, 1.54) is 19.3 Å². The van der Waals surface area contributed by atoms with E-state index >= 15 is 0 Å². The Morgan fingerprint density at radius 1 is 1.29 bits per heavy atom. The van der Waals surface area contributed by atoms with Crippen molar-refractivity contribution in [3.05, 3.63) is 30.2 Å². The maximum atomic E-state index is 6.34. The van der Waals surface area contributed by atoms with Crippen LogP contribution in [0.4, 0.5) is 0 Å². The van der Waals surface area contributed by atoms with Crippen LogP contribution in [-0.2, 0) is 0 Å². The molecule has 2 N–H and O–H groups in total. The predicted molar refractivity (Wildman–Crippen MR) is 77.8 cm³/mol. The summed E-state index contributed by atoms with van der Waals surface area (Å²) in [5.74, 6) is 3.58. The molecule has 21 heavy (non-hydrogen) atoms. The Balaban J connectivity index is 1.64. The molecule has 110 valence electrons. The average Bonchev–Trinajstić information content (AvgIpc) is 3.22. The molecule has 0 amide bonds. The van der Waals surface area contributed by atoms with Crippen LogP contribution in [0.25, 0.3) is 11.4 Å². The highest BCUT2D eigenvalue weighted by atomic mass is 16.5. The molecule has 2 aliphatic carbocycles. The van der Waals surface area contributed by atoms with Crippen molar-refractivity contribution in [2.45, 2.75) is 31.2 Å². The number of benzene rings is 1. The van der Waals surface area contributed by atoms with Crippen LogP contribution in [0.1, 0.15) is 31.1 Å². The lowest BCUT2D eigenvalue weighted by molar-refractivity contribution is 0.279. The number of nitrogens with zero attached hydrogens (tertiary/aromatic N) is 2. The minimum atomic E-state index is 0.169. The highest BCUT2D eigenvalue weighted by Crippen LogP contribution is 2.51. The van der Waals surface area contributed by atoms with Crippen LogP contribution in [0, 0.1) is 11.8 Å². The van der Waals surface area contributed by atoms with Gasteiger partial charge in [-0.25, -0.2) is 0 Å². The van der Waals surface area contributed by atoms with Gasteiger partial charge in [-0.05, 0) is 43.2 Å². The van der Waals surface area contributed by atoms with E-state index < -0.39 is 0 Å². The summed E-state index contributed by atoms with van der Waals surface area (Å²) in [5, 5.41) is 4.13. The Hall–Kier alpha value is -1.88. The van der Waals surface area contributed by atoms with Gasteiger partial charge in [-0.2, -0.15) is 4.98 Å². The lowest BCUT2D eigenvalue weighted by atomic mass is 9.85. The first kappa shape index (κ1) is 12.8. The van der Waals surface area contributed by atoms with Crippen molar-refractivity contribution in [2.24, 2.45) is 17.6 Å². The highest BCUT2D eigenvalue weighted by molar-refractivity contribution is 5.56. The summed E-state index contributed by atoms with van der Waals surface area (Å²) >= 11 is 0. The number of ether oxygens (including phenoxy) is 1. The van der Waals surface area contributed by atoms with E-state index in [2.05, 4.69) is 10.1 Å². The second-order valence-electron chi connectivity index (χ2n) is 6.12. The lowest BCUT2D eigenvalue weighted by Crippen LogP contribution is -2.34. The summed E-state index contributed by atoms with van der Waals surface area (Å²) < 4.78 is 10.8. The standard InChI is InChI=1S/C16H19N3O2/c1-20-12-4-2-3-11(8-12)15-18-16(21-19-15)13-9-5-6-10(7-9)14(13)17/h2-4,8-10,13-14H,5-7,17H2,1H3. The molecule has 5 nitrogen and oxygen atoms in total. The van der Waals surface area contributed by atoms with E-state index in [0.29, 0.717) is 23.6 Å². The van der Waals surface area contributed by atoms with Crippen molar-refractivity contribution < 1.29 is 9.26 Å². The number of hydrogen-bond acceptors (Lipinski definition) is 5. The summed E-state index contributed by atoms with van der Waals surface area (Å²) in [7, 11) is 1.65. The summed E-state index contributed by atoms with van der Waals surface area (Å²) in [6.07, 6.45) is 3.70. The first-order valence-electron chi connectivity index (χ1n) is 7.50. The Morgan fingerprint density at radius 3 is 2.90 bits per heavy atom. The van der Waals surface area contributed by atoms with Gasteiger partial charge in [-0.1, -0.05) is 17.3 Å². The van der Waals surface area contributed by atoms with Gasteiger partial charge in [-0.3, -0.25) is 0 Å². The van der Waals surface area contributed by atoms with E-state index in [0.717, 1.165) is 11.3 Å². The first-order valence-corrected chi connectivity index (χ1v) is 7.50. The van der Waals surface area contributed by atoms with Crippen molar-refractivity contribution >= 4 is 0 Å². The average molecular weight is 285 g/mol. The molecular weight excluding hydrogens is 266 g/mol. The van der Waals surface area contributed by atoms with Gasteiger partial charge in [-0.15, -0.1) is 0 Å². The van der Waals surface area contributed by atoms with Crippen LogP contribution < -0.4 is 10.5 Å². The lowest BCUT2D eigenvalue weighted by Gasteiger charge is -2.24. The van der Waals surface area contributed by atoms with E-state index in [9.17, 15) is 0 Å². The molecule has 2 bridgehead atoms. The van der Waals surface area contributed by atoms with E-state index in [4.69, 9.17) is 15.0 Å². The SMILES string of the molecule is COc1cccc(-c2noc(C3C4CCC(C4)C3N)n2)c1. The van der Waals surface area contributed by atoms with Gasteiger partial charge in [0.2, 0.25) is 11.7 Å². The van der Waals surface area contributed by atoms with Gasteiger partial charge >= 0.3 is 0 Å². The molecule has 2 aliphatic rings. The fourth-order valence-electron chi connectivity index (χ4n) is 3.95. The topological polar surface area (TPSA) is 74.2 Å². The molecular formula is C16H19N3O2. The molecule has 0 saturated heterocycles. The maximum Gasteiger partial charge on any atom is 0.231 e. The largest absolute Gasteiger partial charge is 0.497 e. The fraction of sp³-hybridized carbons (Fsp3) is 0.500. The third-order valence-electron chi connectivity index (χ3n) is 5.04. The first-order chi connectivity index (χ1) is 10.3. The normalized spacial score (nSPS) is 30.8. The number of rotatable bonds is 3. The summed E-state index contributed by atoms with van der Waals surface area (Å²) in [5.41, 5.74) is 7.25. The quantitative estimate of drug-likeness (QED) is 0.938. The monoisotopic (exact) mass is 285 g/mol. The summed E-state index contributed by atoms with van der Waals surface area (Å²) in [6.45, 7) is 0. The number of hydrogen-bond donors (Lipinski definition) is 1. The minimum absolute atomic E-state index is 0.169. The fourth-order valence-corrected chi connectivity index (χ4v) is 3.95. The molecule has 0 aliphatic heterocycles. The molecule has 4 rings (SSSR count). The van der Waals surface area contributed by atoms with E-state index in [1.807, 2.05) is 24.3 Å². The Morgan fingerprint density at radius 2 is 2.14 bits per heavy atom. The van der Waals surface area contributed by atoms with Crippen LogP contribution in [0.3, 0.4) is 0 Å². The zero-order valence-corrected chi connectivity index (χ0v) is 12.0. The number of nitrogens with two attached hydrogens (primary N) is 1. The Kier molecular flexibility index (Phi) is 2.96. The second kappa shape index (κ2) is 4.84. The van der Waals surface area contributed by atoms with Gasteiger partial charge in [0.25, 0.3) is 0 Å². The van der Waals surface area contributed by atoms with Crippen LogP contribution in [0.2, 0.25) is 0 Å².